The van der Waals surface area contributed by atoms with Crippen molar-refractivity contribution in [2.45, 2.75) is 31.7 Å². The van der Waals surface area contributed by atoms with E-state index in [1.54, 1.807) is 12.1 Å². The third kappa shape index (κ3) is 7.15. The quantitative estimate of drug-likeness (QED) is 0.552. The Morgan fingerprint density at radius 2 is 1.66 bits per heavy atom. The molecule has 29 heavy (non-hydrogen) atoms. The molecule has 9 heteroatoms. The zero-order chi connectivity index (χ0) is 21.6. The molecule has 1 amide bonds. The van der Waals surface area contributed by atoms with Crippen molar-refractivity contribution >= 4 is 50.7 Å². The van der Waals surface area contributed by atoms with E-state index in [4.69, 9.17) is 34.8 Å². The van der Waals surface area contributed by atoms with Crippen molar-refractivity contribution in [2.24, 2.45) is 5.92 Å². The Bertz CT molecular complexity index is 948. The average molecular weight is 478 g/mol. The van der Waals surface area contributed by atoms with Gasteiger partial charge in [-0.25, -0.2) is 8.42 Å². The van der Waals surface area contributed by atoms with Gasteiger partial charge in [0.15, 0.2) is 0 Å². The largest absolute Gasteiger partial charge is 0.355 e. The average Bonchev–Trinajstić information content (AvgIpc) is 2.63. The third-order valence-corrected chi connectivity index (χ3v) is 6.82. The van der Waals surface area contributed by atoms with Crippen LogP contribution in [0.3, 0.4) is 0 Å². The van der Waals surface area contributed by atoms with Gasteiger partial charge in [0.25, 0.3) is 0 Å². The van der Waals surface area contributed by atoms with Crippen LogP contribution in [0.15, 0.2) is 47.4 Å². The lowest BCUT2D eigenvalue weighted by Crippen LogP contribution is -2.40. The molecule has 0 radical (unpaired) electrons. The zero-order valence-corrected chi connectivity index (χ0v) is 19.2. The Balaban J connectivity index is 2.28. The normalized spacial score (nSPS) is 11.8. The number of carbonyl (C=O) groups is 1. The molecule has 0 fully saturated rings. The summed E-state index contributed by atoms with van der Waals surface area (Å²) < 4.78 is 27.4. The Morgan fingerprint density at radius 3 is 2.24 bits per heavy atom. The van der Waals surface area contributed by atoms with Crippen LogP contribution in [0.4, 0.5) is 0 Å². The standard InChI is InChI=1S/C20H23Cl3N2O3S/c1-14(2)9-10-24-20(26)13-25(12-15-3-4-17(22)11-19(15)23)29(27,28)18-7-5-16(21)6-8-18/h3-8,11,14H,9-10,12-13H2,1-2H3,(H,24,26). The molecule has 0 unspecified atom stereocenters. The predicted molar refractivity (Wildman–Crippen MR) is 118 cm³/mol. The first-order chi connectivity index (χ1) is 13.6. The molecule has 0 aliphatic carbocycles. The third-order valence-electron chi connectivity index (χ3n) is 4.18. The number of hydrogen-bond acceptors (Lipinski definition) is 3. The monoisotopic (exact) mass is 476 g/mol. The van der Waals surface area contributed by atoms with Gasteiger partial charge in [-0.1, -0.05) is 54.7 Å². The van der Waals surface area contributed by atoms with Gasteiger partial charge in [0.05, 0.1) is 11.4 Å². The maximum atomic E-state index is 13.2. The Morgan fingerprint density at radius 1 is 1.03 bits per heavy atom. The molecule has 0 saturated carbocycles. The summed E-state index contributed by atoms with van der Waals surface area (Å²) in [5, 5.41) is 3.96. The van der Waals surface area contributed by atoms with Crippen LogP contribution in [0.25, 0.3) is 0 Å². The van der Waals surface area contributed by atoms with Crippen molar-refractivity contribution in [3.05, 3.63) is 63.1 Å². The van der Waals surface area contributed by atoms with Gasteiger partial charge in [0.1, 0.15) is 0 Å². The summed E-state index contributed by atoms with van der Waals surface area (Å²) in [6.07, 6.45) is 0.804. The van der Waals surface area contributed by atoms with E-state index in [0.29, 0.717) is 33.1 Å². The molecule has 158 valence electrons. The molecule has 2 aromatic rings. The number of amides is 1. The number of halogens is 3. The number of nitrogens with one attached hydrogen (secondary N) is 1. The van der Waals surface area contributed by atoms with E-state index in [9.17, 15) is 13.2 Å². The molecule has 0 atom stereocenters. The second-order valence-corrected chi connectivity index (χ2v) is 10.2. The Labute approximate surface area is 187 Å². The highest BCUT2D eigenvalue weighted by molar-refractivity contribution is 7.89. The second-order valence-electron chi connectivity index (χ2n) is 7.00. The molecule has 0 spiro atoms. The van der Waals surface area contributed by atoms with Crippen LogP contribution in [-0.4, -0.2) is 31.7 Å². The van der Waals surface area contributed by atoms with E-state index < -0.39 is 10.0 Å². The number of rotatable bonds is 9. The van der Waals surface area contributed by atoms with E-state index in [1.165, 1.54) is 30.3 Å². The molecule has 5 nitrogen and oxygen atoms in total. The van der Waals surface area contributed by atoms with Crippen LogP contribution in [0.2, 0.25) is 15.1 Å². The summed E-state index contributed by atoms with van der Waals surface area (Å²) >= 11 is 18.0. The molecule has 0 aliphatic heterocycles. The molecule has 2 aromatic carbocycles. The van der Waals surface area contributed by atoms with Crippen LogP contribution >= 0.6 is 34.8 Å². The van der Waals surface area contributed by atoms with E-state index in [0.717, 1.165) is 10.7 Å². The number of sulfonamides is 1. The summed E-state index contributed by atoms with van der Waals surface area (Å²) in [6.45, 7) is 4.17. The van der Waals surface area contributed by atoms with Crippen molar-refractivity contribution in [3.63, 3.8) is 0 Å². The number of nitrogens with zero attached hydrogens (tertiary/aromatic N) is 1. The fourth-order valence-corrected chi connectivity index (χ4v) is 4.51. The molecule has 0 bridgehead atoms. The van der Waals surface area contributed by atoms with Crippen LogP contribution in [-0.2, 0) is 21.4 Å². The SMILES string of the molecule is CC(C)CCNC(=O)CN(Cc1ccc(Cl)cc1Cl)S(=O)(=O)c1ccc(Cl)cc1. The minimum atomic E-state index is -3.96. The van der Waals surface area contributed by atoms with Crippen LogP contribution < -0.4 is 5.32 Å². The van der Waals surface area contributed by atoms with Gasteiger partial charge in [-0.05, 0) is 54.3 Å². The lowest BCUT2D eigenvalue weighted by molar-refractivity contribution is -0.121. The van der Waals surface area contributed by atoms with E-state index in [2.05, 4.69) is 5.32 Å². The van der Waals surface area contributed by atoms with Crippen molar-refractivity contribution in [3.8, 4) is 0 Å². The van der Waals surface area contributed by atoms with Crippen molar-refractivity contribution in [1.29, 1.82) is 0 Å². The molecule has 0 aromatic heterocycles. The van der Waals surface area contributed by atoms with Crippen molar-refractivity contribution in [2.75, 3.05) is 13.1 Å². The molecule has 1 N–H and O–H groups in total. The van der Waals surface area contributed by atoms with Gasteiger partial charge in [-0.2, -0.15) is 4.31 Å². The van der Waals surface area contributed by atoms with Gasteiger partial charge < -0.3 is 5.32 Å². The summed E-state index contributed by atoms with van der Waals surface area (Å²) in [4.78, 5) is 12.4. The minimum Gasteiger partial charge on any atom is -0.355 e. The van der Waals surface area contributed by atoms with Crippen LogP contribution in [0, 0.1) is 5.92 Å². The van der Waals surface area contributed by atoms with Crippen LogP contribution in [0.1, 0.15) is 25.8 Å². The maximum absolute atomic E-state index is 13.2. The highest BCUT2D eigenvalue weighted by atomic mass is 35.5. The molecule has 0 heterocycles. The summed E-state index contributed by atoms with van der Waals surface area (Å²) in [5.74, 6) is 0.0466. The summed E-state index contributed by atoms with van der Waals surface area (Å²) in [6, 6.07) is 10.6. The molecule has 0 aliphatic rings. The van der Waals surface area contributed by atoms with E-state index in [1.807, 2.05) is 13.8 Å². The predicted octanol–water partition coefficient (Wildman–Crippen LogP) is 5.00. The van der Waals surface area contributed by atoms with Crippen LogP contribution in [0.5, 0.6) is 0 Å². The van der Waals surface area contributed by atoms with Gasteiger partial charge >= 0.3 is 0 Å². The van der Waals surface area contributed by atoms with Gasteiger partial charge in [0, 0.05) is 28.2 Å². The Hall–Kier alpha value is -1.31. The van der Waals surface area contributed by atoms with E-state index in [-0.39, 0.29) is 23.9 Å². The number of hydrogen-bond donors (Lipinski definition) is 1. The molecule has 2 rings (SSSR count). The number of benzene rings is 2. The minimum absolute atomic E-state index is 0.0435. The molecular formula is C20H23Cl3N2O3S. The van der Waals surface area contributed by atoms with E-state index >= 15 is 0 Å². The number of carbonyl (C=O) groups excluding carboxylic acids is 1. The van der Waals surface area contributed by atoms with Gasteiger partial charge in [-0.3, -0.25) is 4.79 Å². The first kappa shape index (κ1) is 24.0. The Kier molecular flexibility index (Phi) is 8.79. The highest BCUT2D eigenvalue weighted by Gasteiger charge is 2.27. The van der Waals surface area contributed by atoms with Gasteiger partial charge in [0.2, 0.25) is 15.9 Å². The first-order valence-electron chi connectivity index (χ1n) is 9.06. The lowest BCUT2D eigenvalue weighted by Gasteiger charge is -2.22. The highest BCUT2D eigenvalue weighted by Crippen LogP contribution is 2.25. The summed E-state index contributed by atoms with van der Waals surface area (Å²) in [7, 11) is -3.96. The van der Waals surface area contributed by atoms with Gasteiger partial charge in [-0.15, -0.1) is 0 Å². The van der Waals surface area contributed by atoms with Crippen molar-refractivity contribution < 1.29 is 13.2 Å². The smallest absolute Gasteiger partial charge is 0.243 e. The fraction of sp³-hybridized carbons (Fsp3) is 0.350. The first-order valence-corrected chi connectivity index (χ1v) is 11.6. The second kappa shape index (κ2) is 10.6. The topological polar surface area (TPSA) is 66.5 Å². The zero-order valence-electron chi connectivity index (χ0n) is 16.2. The maximum Gasteiger partial charge on any atom is 0.243 e. The summed E-state index contributed by atoms with van der Waals surface area (Å²) in [5.41, 5.74) is 0.545. The molecule has 0 saturated heterocycles. The molecular weight excluding hydrogens is 455 g/mol. The van der Waals surface area contributed by atoms with Crippen molar-refractivity contribution in [1.82, 2.24) is 9.62 Å². The fourth-order valence-electron chi connectivity index (χ4n) is 2.54. The lowest BCUT2D eigenvalue weighted by atomic mass is 10.1.